The normalized spacial score (nSPS) is 10.8. The fourth-order valence-electron chi connectivity index (χ4n) is 3.01. The third kappa shape index (κ3) is 3.82. The Bertz CT molecular complexity index is 1080. The molecule has 4 aromatic rings. The molecule has 5 heteroatoms. The van der Waals surface area contributed by atoms with Crippen LogP contribution in [0.5, 0.6) is 5.75 Å². The van der Waals surface area contributed by atoms with Gasteiger partial charge >= 0.3 is 5.97 Å². The quantitative estimate of drug-likeness (QED) is 0.556. The summed E-state index contributed by atoms with van der Waals surface area (Å²) in [5, 5.41) is 11.6. The molecule has 0 radical (unpaired) electrons. The lowest BCUT2D eigenvalue weighted by Gasteiger charge is -2.09. The molecule has 0 bridgehead atoms. The van der Waals surface area contributed by atoms with Crippen molar-refractivity contribution in [1.29, 1.82) is 0 Å². The van der Waals surface area contributed by atoms with Crippen molar-refractivity contribution in [3.63, 3.8) is 0 Å². The Morgan fingerprint density at radius 2 is 1.70 bits per heavy atom. The standard InChI is InChI=1S/C22H18N2O3/c25-22(26)21-12-23-15-24(21)13-16-6-9-20(10-7-16)27-14-17-5-8-18-3-1-2-4-19(18)11-17/h1-12,15H,13-14H2,(H,25,26). The van der Waals surface area contributed by atoms with E-state index in [9.17, 15) is 4.79 Å². The van der Waals surface area contributed by atoms with Crippen molar-refractivity contribution in [3.8, 4) is 5.75 Å². The molecule has 0 saturated carbocycles. The van der Waals surface area contributed by atoms with Crippen molar-refractivity contribution in [2.75, 3.05) is 0 Å². The van der Waals surface area contributed by atoms with E-state index in [1.165, 1.54) is 23.3 Å². The molecule has 4 rings (SSSR count). The summed E-state index contributed by atoms with van der Waals surface area (Å²) in [6, 6.07) is 22.2. The van der Waals surface area contributed by atoms with Crippen LogP contribution in [-0.2, 0) is 13.2 Å². The van der Waals surface area contributed by atoms with Crippen molar-refractivity contribution >= 4 is 16.7 Å². The van der Waals surface area contributed by atoms with Crippen LogP contribution in [0.4, 0.5) is 0 Å². The summed E-state index contributed by atoms with van der Waals surface area (Å²) in [4.78, 5) is 15.0. The van der Waals surface area contributed by atoms with Crippen molar-refractivity contribution < 1.29 is 14.6 Å². The average molecular weight is 358 g/mol. The number of ether oxygens (including phenoxy) is 1. The lowest BCUT2D eigenvalue weighted by Crippen LogP contribution is -2.08. The summed E-state index contributed by atoms with van der Waals surface area (Å²) >= 11 is 0. The van der Waals surface area contributed by atoms with E-state index in [1.54, 1.807) is 4.57 Å². The van der Waals surface area contributed by atoms with Crippen LogP contribution in [0.15, 0.2) is 79.3 Å². The zero-order chi connectivity index (χ0) is 18.6. The van der Waals surface area contributed by atoms with Crippen LogP contribution in [0.3, 0.4) is 0 Å². The maximum atomic E-state index is 11.1. The maximum absolute atomic E-state index is 11.1. The molecule has 0 amide bonds. The zero-order valence-electron chi connectivity index (χ0n) is 14.6. The van der Waals surface area contributed by atoms with Crippen molar-refractivity contribution in [2.45, 2.75) is 13.2 Å². The predicted molar refractivity (Wildman–Crippen MR) is 103 cm³/mol. The molecule has 0 unspecified atom stereocenters. The van der Waals surface area contributed by atoms with E-state index >= 15 is 0 Å². The van der Waals surface area contributed by atoms with Crippen LogP contribution < -0.4 is 4.74 Å². The number of aromatic nitrogens is 2. The summed E-state index contributed by atoms with van der Waals surface area (Å²) in [6.45, 7) is 0.946. The number of aromatic carboxylic acids is 1. The van der Waals surface area contributed by atoms with E-state index in [4.69, 9.17) is 9.84 Å². The third-order valence-electron chi connectivity index (χ3n) is 4.43. The van der Waals surface area contributed by atoms with Gasteiger partial charge in [0, 0.05) is 6.54 Å². The van der Waals surface area contributed by atoms with Crippen molar-refractivity contribution in [2.24, 2.45) is 0 Å². The van der Waals surface area contributed by atoms with Crippen LogP contribution in [0.2, 0.25) is 0 Å². The molecule has 0 saturated heterocycles. The predicted octanol–water partition coefficient (Wildman–Crippen LogP) is 4.36. The number of hydrogen-bond acceptors (Lipinski definition) is 3. The molecule has 1 N–H and O–H groups in total. The first-order valence-corrected chi connectivity index (χ1v) is 8.62. The van der Waals surface area contributed by atoms with Gasteiger partial charge < -0.3 is 14.4 Å². The number of hydrogen-bond donors (Lipinski definition) is 1. The molecule has 5 nitrogen and oxygen atoms in total. The average Bonchev–Trinajstić information content (AvgIpc) is 3.16. The number of nitrogens with zero attached hydrogens (tertiary/aromatic N) is 2. The highest BCUT2D eigenvalue weighted by Gasteiger charge is 2.10. The molecular weight excluding hydrogens is 340 g/mol. The van der Waals surface area contributed by atoms with Crippen molar-refractivity contribution in [3.05, 3.63) is 96.1 Å². The molecule has 1 heterocycles. The first-order chi connectivity index (χ1) is 13.2. The second-order valence-electron chi connectivity index (χ2n) is 6.33. The van der Waals surface area contributed by atoms with Gasteiger partial charge in [-0.05, 0) is 40.1 Å². The van der Waals surface area contributed by atoms with E-state index in [1.807, 2.05) is 36.4 Å². The van der Waals surface area contributed by atoms with Gasteiger partial charge in [0.05, 0.1) is 12.5 Å². The maximum Gasteiger partial charge on any atom is 0.354 e. The largest absolute Gasteiger partial charge is 0.489 e. The summed E-state index contributed by atoms with van der Waals surface area (Å²) in [5.74, 6) is -0.209. The molecule has 134 valence electrons. The number of rotatable bonds is 6. The fraction of sp³-hybridized carbons (Fsp3) is 0.0909. The van der Waals surface area contributed by atoms with Gasteiger partial charge in [-0.15, -0.1) is 0 Å². The molecule has 0 spiro atoms. The molecule has 0 aliphatic heterocycles. The van der Waals surface area contributed by atoms with Gasteiger partial charge in [-0.3, -0.25) is 0 Å². The van der Waals surface area contributed by atoms with Crippen LogP contribution in [0, 0.1) is 0 Å². The van der Waals surface area contributed by atoms with Gasteiger partial charge in [-0.1, -0.05) is 48.5 Å². The highest BCUT2D eigenvalue weighted by Crippen LogP contribution is 2.19. The number of imidazole rings is 1. The first-order valence-electron chi connectivity index (χ1n) is 8.62. The smallest absolute Gasteiger partial charge is 0.354 e. The van der Waals surface area contributed by atoms with Gasteiger partial charge in [0.2, 0.25) is 0 Å². The third-order valence-corrected chi connectivity index (χ3v) is 4.43. The van der Waals surface area contributed by atoms with E-state index in [-0.39, 0.29) is 5.69 Å². The van der Waals surface area contributed by atoms with Crippen LogP contribution >= 0.6 is 0 Å². The minimum atomic E-state index is -0.983. The van der Waals surface area contributed by atoms with E-state index < -0.39 is 5.97 Å². The number of benzene rings is 3. The number of carbonyl (C=O) groups is 1. The summed E-state index contributed by atoms with van der Waals surface area (Å²) in [7, 11) is 0. The molecule has 0 fully saturated rings. The SMILES string of the molecule is O=C(O)c1cncn1Cc1ccc(OCc2ccc3ccccc3c2)cc1. The van der Waals surface area contributed by atoms with E-state index in [2.05, 4.69) is 35.3 Å². The molecule has 0 aliphatic rings. The number of carboxylic acids is 1. The Morgan fingerprint density at radius 1 is 0.963 bits per heavy atom. The highest BCUT2D eigenvalue weighted by molar-refractivity contribution is 5.85. The van der Waals surface area contributed by atoms with Gasteiger partial charge in [-0.25, -0.2) is 9.78 Å². The van der Waals surface area contributed by atoms with Gasteiger partial charge in [0.1, 0.15) is 18.1 Å². The highest BCUT2D eigenvalue weighted by atomic mass is 16.5. The van der Waals surface area contributed by atoms with Crippen LogP contribution in [0.25, 0.3) is 10.8 Å². The molecule has 3 aromatic carbocycles. The Morgan fingerprint density at radius 3 is 2.48 bits per heavy atom. The Balaban J connectivity index is 1.41. The van der Waals surface area contributed by atoms with E-state index in [0.717, 1.165) is 16.9 Å². The Hall–Kier alpha value is -3.60. The lowest BCUT2D eigenvalue weighted by atomic mass is 10.1. The van der Waals surface area contributed by atoms with Gasteiger partial charge in [-0.2, -0.15) is 0 Å². The van der Waals surface area contributed by atoms with Crippen LogP contribution in [0.1, 0.15) is 21.6 Å². The van der Waals surface area contributed by atoms with Gasteiger partial charge in [0.15, 0.2) is 0 Å². The minimum Gasteiger partial charge on any atom is -0.489 e. The van der Waals surface area contributed by atoms with Crippen molar-refractivity contribution in [1.82, 2.24) is 9.55 Å². The fourth-order valence-corrected chi connectivity index (χ4v) is 3.01. The lowest BCUT2D eigenvalue weighted by molar-refractivity contribution is 0.0685. The van der Waals surface area contributed by atoms with E-state index in [0.29, 0.717) is 13.2 Å². The first kappa shape index (κ1) is 16.8. The molecule has 1 aromatic heterocycles. The minimum absolute atomic E-state index is 0.173. The summed E-state index contributed by atoms with van der Waals surface area (Å²) in [5.41, 5.74) is 2.27. The molecule has 27 heavy (non-hydrogen) atoms. The number of fused-ring (bicyclic) bond motifs is 1. The monoisotopic (exact) mass is 358 g/mol. The second kappa shape index (κ2) is 7.33. The topological polar surface area (TPSA) is 64.3 Å². The molecule has 0 aliphatic carbocycles. The Labute approximate surface area is 156 Å². The Kier molecular flexibility index (Phi) is 4.58. The summed E-state index contributed by atoms with van der Waals surface area (Å²) in [6.07, 6.45) is 2.87. The second-order valence-corrected chi connectivity index (χ2v) is 6.33. The van der Waals surface area contributed by atoms with Crippen LogP contribution in [-0.4, -0.2) is 20.6 Å². The van der Waals surface area contributed by atoms with Gasteiger partial charge in [0.25, 0.3) is 0 Å². The summed E-state index contributed by atoms with van der Waals surface area (Å²) < 4.78 is 7.48. The zero-order valence-corrected chi connectivity index (χ0v) is 14.6. The molecular formula is C22H18N2O3. The number of carboxylic acid groups (broad SMARTS) is 1. The molecule has 0 atom stereocenters.